The number of aromatic nitrogens is 5. The van der Waals surface area contributed by atoms with Crippen LogP contribution in [0.5, 0.6) is 0 Å². The maximum absolute atomic E-state index is 12.4. The number of rotatable bonds is 2. The zero-order valence-corrected chi connectivity index (χ0v) is 12.2. The molecule has 0 aliphatic rings. The molecule has 3 aromatic heterocycles. The number of hydrogen-bond donors (Lipinski definition) is 1. The summed E-state index contributed by atoms with van der Waals surface area (Å²) in [6.45, 7) is 4.16. The van der Waals surface area contributed by atoms with E-state index in [0.29, 0.717) is 23.3 Å². The first-order valence-electron chi connectivity index (χ1n) is 6.56. The highest BCUT2D eigenvalue weighted by Crippen LogP contribution is 2.18. The van der Waals surface area contributed by atoms with E-state index < -0.39 is 0 Å². The average molecular weight is 284 g/mol. The highest BCUT2D eigenvalue weighted by molar-refractivity contribution is 5.72. The van der Waals surface area contributed by atoms with Crippen molar-refractivity contribution in [2.24, 2.45) is 7.05 Å². The van der Waals surface area contributed by atoms with E-state index in [9.17, 15) is 4.79 Å². The molecule has 0 aliphatic carbocycles. The number of anilines is 1. The summed E-state index contributed by atoms with van der Waals surface area (Å²) in [5.41, 5.74) is 9.77. The Morgan fingerprint density at radius 3 is 2.76 bits per heavy atom. The van der Waals surface area contributed by atoms with E-state index in [1.165, 1.54) is 17.1 Å². The van der Waals surface area contributed by atoms with Gasteiger partial charge in [-0.2, -0.15) is 5.10 Å². The number of nitrogen functional groups attached to an aromatic ring is 1. The maximum atomic E-state index is 12.4. The molecule has 0 unspecified atom stereocenters. The summed E-state index contributed by atoms with van der Waals surface area (Å²) < 4.78 is 3.10. The second-order valence-corrected chi connectivity index (χ2v) is 5.11. The Morgan fingerprint density at radius 2 is 2.00 bits per heavy atom. The van der Waals surface area contributed by atoms with Gasteiger partial charge in [0.15, 0.2) is 5.65 Å². The van der Waals surface area contributed by atoms with Crippen LogP contribution in [0.15, 0.2) is 23.5 Å². The maximum Gasteiger partial charge on any atom is 0.264 e. The molecule has 0 amide bonds. The molecule has 0 fully saturated rings. The summed E-state index contributed by atoms with van der Waals surface area (Å²) in [5, 5.41) is 4.55. The van der Waals surface area contributed by atoms with Crippen molar-refractivity contribution in [1.29, 1.82) is 0 Å². The SMILES string of the molecule is Cc1cnc(Cn2cnc3c(cnn3C)c2=O)c(C)c1N. The summed E-state index contributed by atoms with van der Waals surface area (Å²) in [7, 11) is 1.76. The Labute approximate surface area is 121 Å². The lowest BCUT2D eigenvalue weighted by atomic mass is 10.1. The minimum absolute atomic E-state index is 0.131. The summed E-state index contributed by atoms with van der Waals surface area (Å²) in [6.07, 6.45) is 4.77. The van der Waals surface area contributed by atoms with Gasteiger partial charge in [0, 0.05) is 18.9 Å². The monoisotopic (exact) mass is 284 g/mol. The first kappa shape index (κ1) is 13.3. The molecule has 2 N–H and O–H groups in total. The third kappa shape index (κ3) is 2.06. The van der Waals surface area contributed by atoms with Crippen LogP contribution in [0.4, 0.5) is 5.69 Å². The largest absolute Gasteiger partial charge is 0.398 e. The molecular formula is C14H16N6O. The van der Waals surface area contributed by atoms with Gasteiger partial charge >= 0.3 is 0 Å². The predicted molar refractivity (Wildman–Crippen MR) is 80.0 cm³/mol. The first-order chi connectivity index (χ1) is 9.99. The summed E-state index contributed by atoms with van der Waals surface area (Å²) in [4.78, 5) is 21.1. The van der Waals surface area contributed by atoms with Gasteiger partial charge in [-0.25, -0.2) is 4.98 Å². The zero-order valence-electron chi connectivity index (χ0n) is 12.2. The minimum atomic E-state index is -0.131. The van der Waals surface area contributed by atoms with Crippen LogP contribution < -0.4 is 11.3 Å². The number of aryl methyl sites for hydroxylation is 2. The van der Waals surface area contributed by atoms with E-state index in [1.54, 1.807) is 17.9 Å². The van der Waals surface area contributed by atoms with Gasteiger partial charge in [-0.3, -0.25) is 19.0 Å². The predicted octanol–water partition coefficient (Wildman–Crippen LogP) is 0.772. The standard InChI is InChI=1S/C14H16N6O/c1-8-4-16-11(9(2)12(8)15)6-20-7-17-13-10(14(20)21)5-18-19(13)3/h4-5,7H,6H2,1-3H3,(H2,15,16). The van der Waals surface area contributed by atoms with Gasteiger partial charge in [0.05, 0.1) is 18.4 Å². The van der Waals surface area contributed by atoms with Gasteiger partial charge in [-0.15, -0.1) is 0 Å². The van der Waals surface area contributed by atoms with E-state index in [0.717, 1.165) is 16.8 Å². The number of fused-ring (bicyclic) bond motifs is 1. The third-order valence-corrected chi connectivity index (χ3v) is 3.71. The van der Waals surface area contributed by atoms with Gasteiger partial charge < -0.3 is 5.73 Å². The Hall–Kier alpha value is -2.70. The van der Waals surface area contributed by atoms with Gasteiger partial charge in [0.1, 0.15) is 11.7 Å². The Balaban J connectivity index is 2.09. The van der Waals surface area contributed by atoms with Crippen LogP contribution in [0.1, 0.15) is 16.8 Å². The Kier molecular flexibility index (Phi) is 2.97. The van der Waals surface area contributed by atoms with Crippen molar-refractivity contribution in [2.75, 3.05) is 5.73 Å². The second kappa shape index (κ2) is 4.69. The minimum Gasteiger partial charge on any atom is -0.398 e. The van der Waals surface area contributed by atoms with E-state index in [2.05, 4.69) is 15.1 Å². The van der Waals surface area contributed by atoms with Crippen LogP contribution in [-0.2, 0) is 13.6 Å². The highest BCUT2D eigenvalue weighted by Gasteiger charge is 2.11. The first-order valence-corrected chi connectivity index (χ1v) is 6.56. The number of nitrogens with zero attached hydrogens (tertiary/aromatic N) is 5. The lowest BCUT2D eigenvalue weighted by Gasteiger charge is -2.11. The molecule has 7 nitrogen and oxygen atoms in total. The molecule has 0 atom stereocenters. The molecule has 0 bridgehead atoms. The molecule has 3 aromatic rings. The zero-order chi connectivity index (χ0) is 15.1. The number of nitrogens with two attached hydrogens (primary N) is 1. The van der Waals surface area contributed by atoms with E-state index in [1.807, 2.05) is 13.8 Å². The van der Waals surface area contributed by atoms with Crippen molar-refractivity contribution < 1.29 is 0 Å². The molecule has 21 heavy (non-hydrogen) atoms. The molecule has 0 aliphatic heterocycles. The average Bonchev–Trinajstić information content (AvgIpc) is 2.84. The fourth-order valence-electron chi connectivity index (χ4n) is 2.29. The van der Waals surface area contributed by atoms with Crippen molar-refractivity contribution in [1.82, 2.24) is 24.3 Å². The van der Waals surface area contributed by atoms with Crippen molar-refractivity contribution in [2.45, 2.75) is 20.4 Å². The molecule has 3 heterocycles. The third-order valence-electron chi connectivity index (χ3n) is 3.71. The van der Waals surface area contributed by atoms with Gasteiger partial charge in [0.25, 0.3) is 5.56 Å². The molecule has 0 saturated heterocycles. The quantitative estimate of drug-likeness (QED) is 0.750. The van der Waals surface area contributed by atoms with Crippen molar-refractivity contribution in [3.05, 3.63) is 45.9 Å². The second-order valence-electron chi connectivity index (χ2n) is 5.11. The van der Waals surface area contributed by atoms with E-state index in [4.69, 9.17) is 5.73 Å². The van der Waals surface area contributed by atoms with Crippen LogP contribution in [0.3, 0.4) is 0 Å². The molecular weight excluding hydrogens is 268 g/mol. The van der Waals surface area contributed by atoms with E-state index in [-0.39, 0.29) is 5.56 Å². The fourth-order valence-corrected chi connectivity index (χ4v) is 2.29. The lowest BCUT2D eigenvalue weighted by molar-refractivity contribution is 0.718. The normalized spacial score (nSPS) is 11.2. The molecule has 0 spiro atoms. The van der Waals surface area contributed by atoms with Crippen LogP contribution in [0.2, 0.25) is 0 Å². The Bertz CT molecular complexity index is 892. The molecule has 0 aromatic carbocycles. The van der Waals surface area contributed by atoms with Gasteiger partial charge in [-0.1, -0.05) is 0 Å². The number of pyridine rings is 1. The molecule has 0 radical (unpaired) electrons. The molecule has 7 heteroatoms. The van der Waals surface area contributed by atoms with Crippen LogP contribution in [-0.4, -0.2) is 24.3 Å². The van der Waals surface area contributed by atoms with E-state index >= 15 is 0 Å². The lowest BCUT2D eigenvalue weighted by Crippen LogP contribution is -2.22. The van der Waals surface area contributed by atoms with Gasteiger partial charge in [0.2, 0.25) is 0 Å². The van der Waals surface area contributed by atoms with Crippen LogP contribution >= 0.6 is 0 Å². The van der Waals surface area contributed by atoms with Crippen LogP contribution in [0.25, 0.3) is 11.0 Å². The Morgan fingerprint density at radius 1 is 1.24 bits per heavy atom. The highest BCUT2D eigenvalue weighted by atomic mass is 16.1. The molecule has 108 valence electrons. The topological polar surface area (TPSA) is 91.6 Å². The summed E-state index contributed by atoms with van der Waals surface area (Å²) in [6, 6.07) is 0. The van der Waals surface area contributed by atoms with Crippen molar-refractivity contribution in [3.63, 3.8) is 0 Å². The summed E-state index contributed by atoms with van der Waals surface area (Å²) in [5.74, 6) is 0. The van der Waals surface area contributed by atoms with Crippen molar-refractivity contribution in [3.8, 4) is 0 Å². The van der Waals surface area contributed by atoms with Gasteiger partial charge in [-0.05, 0) is 25.0 Å². The molecule has 0 saturated carbocycles. The van der Waals surface area contributed by atoms with Crippen LogP contribution in [0, 0.1) is 13.8 Å². The smallest absolute Gasteiger partial charge is 0.264 e. The number of hydrogen-bond acceptors (Lipinski definition) is 5. The fraction of sp³-hybridized carbons (Fsp3) is 0.286. The molecule has 3 rings (SSSR count). The summed E-state index contributed by atoms with van der Waals surface area (Å²) >= 11 is 0. The van der Waals surface area contributed by atoms with Crippen molar-refractivity contribution >= 4 is 16.7 Å².